The number of nitrogens with zero attached hydrogens (tertiary/aromatic N) is 1. The number of nitrogens with one attached hydrogen (secondary N) is 2. The number of pyridine rings is 1. The van der Waals surface area contributed by atoms with E-state index < -0.39 is 0 Å². The van der Waals surface area contributed by atoms with Crippen molar-refractivity contribution in [2.24, 2.45) is 0 Å². The first-order valence-electron chi connectivity index (χ1n) is 8.97. The van der Waals surface area contributed by atoms with Crippen molar-refractivity contribution in [3.05, 3.63) is 78.0 Å². The first kappa shape index (κ1) is 19.2. The van der Waals surface area contributed by atoms with E-state index in [2.05, 4.69) is 15.6 Å². The van der Waals surface area contributed by atoms with E-state index in [9.17, 15) is 4.79 Å². The number of carbonyl (C=O) groups excluding carboxylic acids is 1. The molecule has 0 aliphatic heterocycles. The molecule has 6 nitrogen and oxygen atoms in total. The average molecular weight is 377 g/mol. The van der Waals surface area contributed by atoms with Gasteiger partial charge in [-0.1, -0.05) is 24.3 Å². The predicted molar refractivity (Wildman–Crippen MR) is 110 cm³/mol. The van der Waals surface area contributed by atoms with Crippen LogP contribution in [0.25, 0.3) is 0 Å². The molecule has 1 amide bonds. The molecule has 0 unspecified atom stereocenters. The summed E-state index contributed by atoms with van der Waals surface area (Å²) in [5.74, 6) is 1.89. The lowest BCUT2D eigenvalue weighted by Crippen LogP contribution is -2.14. The topological polar surface area (TPSA) is 72.5 Å². The van der Waals surface area contributed by atoms with Gasteiger partial charge in [-0.15, -0.1) is 0 Å². The molecule has 2 aromatic carbocycles. The van der Waals surface area contributed by atoms with E-state index in [1.165, 1.54) is 5.56 Å². The zero-order valence-corrected chi connectivity index (χ0v) is 15.9. The van der Waals surface area contributed by atoms with Gasteiger partial charge in [0.25, 0.3) is 5.91 Å². The Kier molecular flexibility index (Phi) is 6.46. The molecule has 0 atom stereocenters. The maximum Gasteiger partial charge on any atom is 0.255 e. The molecule has 3 aromatic rings. The summed E-state index contributed by atoms with van der Waals surface area (Å²) < 4.78 is 10.4. The number of benzene rings is 2. The minimum atomic E-state index is -0.217. The van der Waals surface area contributed by atoms with Crippen LogP contribution in [-0.4, -0.2) is 31.7 Å². The summed E-state index contributed by atoms with van der Waals surface area (Å²) in [5.41, 5.74) is 2.34. The van der Waals surface area contributed by atoms with Crippen LogP contribution in [0, 0.1) is 0 Å². The Labute approximate surface area is 164 Å². The van der Waals surface area contributed by atoms with Gasteiger partial charge < -0.3 is 20.1 Å². The molecule has 0 saturated carbocycles. The average Bonchev–Trinajstić information content (AvgIpc) is 2.75. The Bertz CT molecular complexity index is 926. The van der Waals surface area contributed by atoms with Crippen LogP contribution in [0.4, 0.5) is 11.5 Å². The summed E-state index contributed by atoms with van der Waals surface area (Å²) in [4.78, 5) is 16.8. The molecule has 0 aliphatic carbocycles. The Morgan fingerprint density at radius 3 is 2.54 bits per heavy atom. The molecule has 0 fully saturated rings. The van der Waals surface area contributed by atoms with E-state index in [-0.39, 0.29) is 5.91 Å². The fraction of sp³-hybridized carbons (Fsp3) is 0.182. The van der Waals surface area contributed by atoms with Crippen LogP contribution in [0.5, 0.6) is 11.5 Å². The van der Waals surface area contributed by atoms with Gasteiger partial charge >= 0.3 is 0 Å². The van der Waals surface area contributed by atoms with E-state index in [1.54, 1.807) is 44.7 Å². The number of para-hydroxylation sites is 2. The van der Waals surface area contributed by atoms with Crippen LogP contribution >= 0.6 is 0 Å². The lowest BCUT2D eigenvalue weighted by Gasteiger charge is -2.11. The highest BCUT2D eigenvalue weighted by atomic mass is 16.5. The van der Waals surface area contributed by atoms with Gasteiger partial charge in [0.1, 0.15) is 17.3 Å². The van der Waals surface area contributed by atoms with Crippen molar-refractivity contribution >= 4 is 17.4 Å². The molecule has 6 heteroatoms. The SMILES string of the molecule is COc1ccc(CCNc2cc(C(=O)Nc3ccccc3OC)ccn2)cc1. The fourth-order valence-electron chi connectivity index (χ4n) is 2.74. The summed E-state index contributed by atoms with van der Waals surface area (Å²) >= 11 is 0. The number of rotatable bonds is 8. The summed E-state index contributed by atoms with van der Waals surface area (Å²) in [5, 5.41) is 6.12. The van der Waals surface area contributed by atoms with Crippen LogP contribution in [0.2, 0.25) is 0 Å². The van der Waals surface area contributed by atoms with Gasteiger partial charge in [-0.05, 0) is 48.4 Å². The van der Waals surface area contributed by atoms with Crippen molar-refractivity contribution in [2.45, 2.75) is 6.42 Å². The molecule has 0 radical (unpaired) electrons. The molecule has 0 spiro atoms. The van der Waals surface area contributed by atoms with E-state index in [0.29, 0.717) is 29.4 Å². The molecule has 1 heterocycles. The highest BCUT2D eigenvalue weighted by Crippen LogP contribution is 2.23. The number of ether oxygens (including phenoxy) is 2. The minimum absolute atomic E-state index is 0.217. The van der Waals surface area contributed by atoms with Gasteiger partial charge in [-0.25, -0.2) is 4.98 Å². The number of carbonyl (C=O) groups is 1. The molecule has 0 bridgehead atoms. The van der Waals surface area contributed by atoms with Crippen LogP contribution in [-0.2, 0) is 6.42 Å². The lowest BCUT2D eigenvalue weighted by molar-refractivity contribution is 0.102. The maximum atomic E-state index is 12.6. The van der Waals surface area contributed by atoms with Crippen molar-refractivity contribution in [2.75, 3.05) is 31.4 Å². The van der Waals surface area contributed by atoms with Crippen LogP contribution in [0.15, 0.2) is 66.9 Å². The summed E-state index contributed by atoms with van der Waals surface area (Å²) in [6, 6.07) is 18.7. The Hall–Kier alpha value is -3.54. The van der Waals surface area contributed by atoms with Gasteiger partial charge in [0.2, 0.25) is 0 Å². The molecular weight excluding hydrogens is 354 g/mol. The Balaban J connectivity index is 1.59. The Morgan fingerprint density at radius 2 is 1.79 bits per heavy atom. The summed E-state index contributed by atoms with van der Waals surface area (Å²) in [7, 11) is 3.22. The fourth-order valence-corrected chi connectivity index (χ4v) is 2.74. The highest BCUT2D eigenvalue weighted by molar-refractivity contribution is 6.05. The molecule has 1 aromatic heterocycles. The van der Waals surface area contributed by atoms with Gasteiger partial charge in [0.05, 0.1) is 19.9 Å². The van der Waals surface area contributed by atoms with E-state index in [4.69, 9.17) is 9.47 Å². The summed E-state index contributed by atoms with van der Waals surface area (Å²) in [6.07, 6.45) is 2.45. The second-order valence-corrected chi connectivity index (χ2v) is 6.11. The molecule has 144 valence electrons. The molecule has 3 rings (SSSR count). The number of anilines is 2. The van der Waals surface area contributed by atoms with Crippen molar-refractivity contribution in [3.63, 3.8) is 0 Å². The largest absolute Gasteiger partial charge is 0.497 e. The molecule has 2 N–H and O–H groups in total. The smallest absolute Gasteiger partial charge is 0.255 e. The van der Waals surface area contributed by atoms with Crippen molar-refractivity contribution in [1.29, 1.82) is 0 Å². The summed E-state index contributed by atoms with van der Waals surface area (Å²) in [6.45, 7) is 0.705. The van der Waals surface area contributed by atoms with E-state index in [0.717, 1.165) is 12.2 Å². The minimum Gasteiger partial charge on any atom is -0.497 e. The van der Waals surface area contributed by atoms with Crippen molar-refractivity contribution in [3.8, 4) is 11.5 Å². The third-order valence-electron chi connectivity index (χ3n) is 4.26. The second-order valence-electron chi connectivity index (χ2n) is 6.11. The van der Waals surface area contributed by atoms with Crippen LogP contribution in [0.3, 0.4) is 0 Å². The number of amides is 1. The number of methoxy groups -OCH3 is 2. The van der Waals surface area contributed by atoms with Crippen LogP contribution < -0.4 is 20.1 Å². The highest BCUT2D eigenvalue weighted by Gasteiger charge is 2.10. The maximum absolute atomic E-state index is 12.6. The molecule has 0 saturated heterocycles. The van der Waals surface area contributed by atoms with Gasteiger partial charge in [0, 0.05) is 18.3 Å². The van der Waals surface area contributed by atoms with E-state index >= 15 is 0 Å². The Morgan fingerprint density at radius 1 is 1.00 bits per heavy atom. The second kappa shape index (κ2) is 9.41. The predicted octanol–water partition coefficient (Wildman–Crippen LogP) is 4.01. The quantitative estimate of drug-likeness (QED) is 0.621. The standard InChI is InChI=1S/C22H23N3O3/c1-27-18-9-7-16(8-10-18)11-13-23-21-15-17(12-14-24-21)22(26)25-19-5-3-4-6-20(19)28-2/h3-10,12,14-15H,11,13H2,1-2H3,(H,23,24)(H,25,26). The third kappa shape index (κ3) is 5.01. The molecular formula is C22H23N3O3. The van der Waals surface area contributed by atoms with Crippen LogP contribution in [0.1, 0.15) is 15.9 Å². The zero-order valence-electron chi connectivity index (χ0n) is 15.9. The van der Waals surface area contributed by atoms with Gasteiger partial charge in [-0.3, -0.25) is 4.79 Å². The number of aromatic nitrogens is 1. The van der Waals surface area contributed by atoms with Gasteiger partial charge in [0.15, 0.2) is 0 Å². The van der Waals surface area contributed by atoms with Crippen molar-refractivity contribution in [1.82, 2.24) is 4.98 Å². The monoisotopic (exact) mass is 377 g/mol. The number of hydrogen-bond acceptors (Lipinski definition) is 5. The zero-order chi connectivity index (χ0) is 19.8. The number of hydrogen-bond donors (Lipinski definition) is 2. The van der Waals surface area contributed by atoms with Crippen molar-refractivity contribution < 1.29 is 14.3 Å². The first-order valence-corrected chi connectivity index (χ1v) is 8.97. The molecule has 28 heavy (non-hydrogen) atoms. The normalized spacial score (nSPS) is 10.2. The van der Waals surface area contributed by atoms with E-state index in [1.807, 2.05) is 36.4 Å². The first-order chi connectivity index (χ1) is 13.7. The molecule has 0 aliphatic rings. The van der Waals surface area contributed by atoms with Gasteiger partial charge in [-0.2, -0.15) is 0 Å². The lowest BCUT2D eigenvalue weighted by atomic mass is 10.1. The third-order valence-corrected chi connectivity index (χ3v) is 4.26.